The molecule has 4 amide bonds. The summed E-state index contributed by atoms with van der Waals surface area (Å²) in [5.41, 5.74) is 3.47. The van der Waals surface area contributed by atoms with Crippen molar-refractivity contribution in [2.24, 2.45) is 0 Å². The number of carbonyl (C=O) groups excluding carboxylic acids is 3. The fourth-order valence-electron chi connectivity index (χ4n) is 5.08. The third-order valence-corrected chi connectivity index (χ3v) is 7.92. The fourth-order valence-corrected chi connectivity index (χ4v) is 6.10. The molecule has 1 aromatic carbocycles. The summed E-state index contributed by atoms with van der Waals surface area (Å²) in [6.07, 6.45) is 6.74. The molecule has 2 atom stereocenters. The van der Waals surface area contributed by atoms with Gasteiger partial charge in [-0.15, -0.1) is 11.3 Å². The summed E-state index contributed by atoms with van der Waals surface area (Å²) in [6.45, 7) is 3.48. The molecule has 6 rings (SSSR count). The average Bonchev–Trinajstić information content (AvgIpc) is 3.54. The van der Waals surface area contributed by atoms with Gasteiger partial charge in [0, 0.05) is 30.0 Å². The van der Waals surface area contributed by atoms with Crippen LogP contribution in [0.3, 0.4) is 0 Å². The predicted octanol–water partition coefficient (Wildman–Crippen LogP) is 5.00. The van der Waals surface area contributed by atoms with Gasteiger partial charge in [-0.25, -0.2) is 9.78 Å². The van der Waals surface area contributed by atoms with Crippen LogP contribution in [0.25, 0.3) is 21.5 Å². The minimum atomic E-state index is -0.365. The van der Waals surface area contributed by atoms with Gasteiger partial charge in [-0.2, -0.15) is 0 Å². The van der Waals surface area contributed by atoms with Gasteiger partial charge >= 0.3 is 6.03 Å². The largest absolute Gasteiger partial charge is 0.350 e. The summed E-state index contributed by atoms with van der Waals surface area (Å²) in [5.74, 6) is -0.481. The van der Waals surface area contributed by atoms with E-state index in [9.17, 15) is 14.4 Å². The number of hydrogen-bond donors (Lipinski definition) is 3. The Labute approximate surface area is 222 Å². The zero-order chi connectivity index (χ0) is 26.2. The van der Waals surface area contributed by atoms with Gasteiger partial charge in [0.1, 0.15) is 9.71 Å². The van der Waals surface area contributed by atoms with Gasteiger partial charge in [0.25, 0.3) is 5.91 Å². The van der Waals surface area contributed by atoms with Crippen molar-refractivity contribution in [1.82, 2.24) is 20.6 Å². The topological polar surface area (TPSA) is 116 Å². The molecule has 10 heteroatoms. The lowest BCUT2D eigenvalue weighted by Crippen LogP contribution is -2.37. The number of nitrogens with one attached hydrogen (secondary N) is 3. The number of thiophene rings is 1. The summed E-state index contributed by atoms with van der Waals surface area (Å²) in [6, 6.07) is 14.7. The molecule has 2 unspecified atom stereocenters. The molecule has 2 aliphatic rings. The maximum absolute atomic E-state index is 13.4. The fraction of sp³-hybridized carbons (Fsp3) is 0.179. The highest BCUT2D eigenvalue weighted by Gasteiger charge is 2.34. The molecule has 0 bridgehead atoms. The summed E-state index contributed by atoms with van der Waals surface area (Å²) < 4.78 is 0. The normalized spacial score (nSPS) is 18.2. The number of amides is 4. The van der Waals surface area contributed by atoms with Crippen molar-refractivity contribution in [1.29, 1.82) is 0 Å². The molecular weight excluding hydrogens is 500 g/mol. The molecule has 3 N–H and O–H groups in total. The maximum atomic E-state index is 13.4. The number of pyridine rings is 2. The molecule has 4 heterocycles. The molecule has 38 heavy (non-hydrogen) atoms. The minimum Gasteiger partial charge on any atom is -0.350 e. The second-order valence-electron chi connectivity index (χ2n) is 9.24. The highest BCUT2D eigenvalue weighted by Crippen LogP contribution is 2.46. The predicted molar refractivity (Wildman–Crippen MR) is 148 cm³/mol. The lowest BCUT2D eigenvalue weighted by atomic mass is 10.1. The van der Waals surface area contributed by atoms with Crippen LogP contribution in [0.2, 0.25) is 0 Å². The number of hydrogen-bond acceptors (Lipinski definition) is 6. The van der Waals surface area contributed by atoms with E-state index in [-0.39, 0.29) is 29.9 Å². The molecule has 1 aliphatic carbocycles. The molecule has 4 aromatic rings. The Kier molecular flexibility index (Phi) is 6.09. The Morgan fingerprint density at radius 1 is 1.05 bits per heavy atom. The Balaban J connectivity index is 1.30. The highest BCUT2D eigenvalue weighted by atomic mass is 32.1. The van der Waals surface area contributed by atoms with Crippen LogP contribution in [0, 0.1) is 0 Å². The number of nitrogens with zero attached hydrogens (tertiary/aromatic N) is 3. The van der Waals surface area contributed by atoms with Crippen LogP contribution >= 0.6 is 11.3 Å². The van der Waals surface area contributed by atoms with Crippen LogP contribution in [-0.2, 0) is 4.79 Å². The highest BCUT2D eigenvalue weighted by molar-refractivity contribution is 7.21. The first-order valence-corrected chi connectivity index (χ1v) is 13.1. The van der Waals surface area contributed by atoms with Crippen LogP contribution in [0.5, 0.6) is 0 Å². The standard InChI is InChI=1S/C28H24N6O3S/c1-2-22(35)31-17-8-9-18(14-17)32-26(36)25-24-23-21(11-13-30-27(23)38-25)34(28(37)33-24)19-10-12-29-20(15-19)16-6-4-3-5-7-16/h2-7,10-13,15,17-18H,1,8-9,14H2,(H,31,35)(H,32,36)(H,33,37). The van der Waals surface area contributed by atoms with Gasteiger partial charge in [0.2, 0.25) is 5.91 Å². The minimum absolute atomic E-state index is 0.00534. The van der Waals surface area contributed by atoms with E-state index in [1.165, 1.54) is 17.4 Å². The third-order valence-electron chi connectivity index (χ3n) is 6.82. The second-order valence-corrected chi connectivity index (χ2v) is 10.2. The number of urea groups is 1. The number of benzene rings is 1. The Morgan fingerprint density at radius 3 is 2.61 bits per heavy atom. The van der Waals surface area contributed by atoms with Crippen molar-refractivity contribution < 1.29 is 14.4 Å². The Bertz CT molecular complexity index is 1580. The van der Waals surface area contributed by atoms with Gasteiger partial charge in [-0.1, -0.05) is 36.9 Å². The first-order valence-electron chi connectivity index (χ1n) is 12.3. The molecule has 0 saturated heterocycles. The zero-order valence-corrected chi connectivity index (χ0v) is 21.1. The van der Waals surface area contributed by atoms with E-state index in [1.54, 1.807) is 29.4 Å². The molecule has 0 spiro atoms. The van der Waals surface area contributed by atoms with Gasteiger partial charge < -0.3 is 16.0 Å². The summed E-state index contributed by atoms with van der Waals surface area (Å²) in [7, 11) is 0. The van der Waals surface area contributed by atoms with Gasteiger partial charge in [0.15, 0.2) is 0 Å². The van der Waals surface area contributed by atoms with E-state index in [2.05, 4.69) is 32.5 Å². The molecule has 9 nitrogen and oxygen atoms in total. The van der Waals surface area contributed by atoms with E-state index < -0.39 is 0 Å². The lowest BCUT2D eigenvalue weighted by Gasteiger charge is -2.28. The van der Waals surface area contributed by atoms with Crippen LogP contribution in [0.1, 0.15) is 28.9 Å². The van der Waals surface area contributed by atoms with Crippen LogP contribution in [0.15, 0.2) is 73.6 Å². The monoisotopic (exact) mass is 524 g/mol. The summed E-state index contributed by atoms with van der Waals surface area (Å²) in [4.78, 5) is 50.0. The van der Waals surface area contributed by atoms with E-state index in [4.69, 9.17) is 0 Å². The van der Waals surface area contributed by atoms with E-state index >= 15 is 0 Å². The molecular formula is C28H24N6O3S. The summed E-state index contributed by atoms with van der Waals surface area (Å²) in [5, 5.41) is 9.62. The molecule has 1 saturated carbocycles. The van der Waals surface area contributed by atoms with Gasteiger partial charge in [-0.05, 0) is 43.5 Å². The van der Waals surface area contributed by atoms with Crippen LogP contribution in [0.4, 0.5) is 21.9 Å². The SMILES string of the molecule is C=CC(=O)NC1CCC(NC(=O)c2sc3nccc4c3c2NC(=O)N4c2ccnc(-c3ccccc3)c2)C1. The van der Waals surface area contributed by atoms with Gasteiger partial charge in [0.05, 0.1) is 28.1 Å². The van der Waals surface area contributed by atoms with E-state index in [1.807, 2.05) is 36.4 Å². The van der Waals surface area contributed by atoms with Crippen molar-refractivity contribution in [3.8, 4) is 11.3 Å². The summed E-state index contributed by atoms with van der Waals surface area (Å²) >= 11 is 1.25. The Hall–Kier alpha value is -4.57. The number of rotatable bonds is 6. The second kappa shape index (κ2) is 9.71. The molecule has 1 fully saturated rings. The quantitative estimate of drug-likeness (QED) is 0.307. The average molecular weight is 525 g/mol. The van der Waals surface area contributed by atoms with E-state index in [0.29, 0.717) is 33.2 Å². The third kappa shape index (κ3) is 4.28. The van der Waals surface area contributed by atoms with E-state index in [0.717, 1.165) is 29.5 Å². The van der Waals surface area contributed by atoms with Crippen molar-refractivity contribution in [2.75, 3.05) is 10.2 Å². The zero-order valence-electron chi connectivity index (χ0n) is 20.3. The van der Waals surface area contributed by atoms with Crippen LogP contribution in [-0.4, -0.2) is 39.9 Å². The van der Waals surface area contributed by atoms with Crippen molar-refractivity contribution >= 4 is 56.5 Å². The molecule has 1 aliphatic heterocycles. The van der Waals surface area contributed by atoms with Crippen molar-refractivity contribution in [3.63, 3.8) is 0 Å². The lowest BCUT2D eigenvalue weighted by molar-refractivity contribution is -0.117. The van der Waals surface area contributed by atoms with Crippen molar-refractivity contribution in [2.45, 2.75) is 31.3 Å². The first kappa shape index (κ1) is 23.8. The number of carbonyl (C=O) groups is 3. The van der Waals surface area contributed by atoms with Crippen molar-refractivity contribution in [3.05, 3.63) is 78.5 Å². The first-order chi connectivity index (χ1) is 18.5. The Morgan fingerprint density at radius 2 is 1.82 bits per heavy atom. The maximum Gasteiger partial charge on any atom is 0.331 e. The number of anilines is 3. The molecule has 190 valence electrons. The molecule has 3 aromatic heterocycles. The number of aromatic nitrogens is 2. The smallest absolute Gasteiger partial charge is 0.331 e. The van der Waals surface area contributed by atoms with Gasteiger partial charge in [-0.3, -0.25) is 19.5 Å². The van der Waals surface area contributed by atoms with Crippen LogP contribution < -0.4 is 20.9 Å². The molecule has 0 radical (unpaired) electrons.